The molecule has 2 atom stereocenters. The molecule has 0 radical (unpaired) electrons. The predicted molar refractivity (Wildman–Crippen MR) is 114 cm³/mol. The van der Waals surface area contributed by atoms with Crippen LogP contribution in [0.3, 0.4) is 0 Å². The fourth-order valence-electron chi connectivity index (χ4n) is 3.23. The molecule has 2 N–H and O–H groups in total. The van der Waals surface area contributed by atoms with Crippen molar-refractivity contribution in [3.63, 3.8) is 0 Å². The first-order chi connectivity index (χ1) is 11.8. The van der Waals surface area contributed by atoms with Gasteiger partial charge in [0.2, 0.25) is 0 Å². The lowest BCUT2D eigenvalue weighted by atomic mass is 10.2. The van der Waals surface area contributed by atoms with Crippen LogP contribution in [0.2, 0.25) is 0 Å². The Morgan fingerprint density at radius 3 is 2.80 bits per heavy atom. The number of rotatable bonds is 10. The van der Waals surface area contributed by atoms with Gasteiger partial charge in [0.15, 0.2) is 5.96 Å². The van der Waals surface area contributed by atoms with Crippen LogP contribution in [0.1, 0.15) is 39.5 Å². The molecule has 0 bridgehead atoms. The van der Waals surface area contributed by atoms with Gasteiger partial charge in [-0.2, -0.15) is 0 Å². The average molecular weight is 468 g/mol. The molecule has 0 aromatic carbocycles. The SMILES string of the molecule is CCNC(=NCC(C)CN1CCCC1)NCCCOC1CCOC1.I. The Labute approximate surface area is 170 Å². The monoisotopic (exact) mass is 468 g/mol. The van der Waals surface area contributed by atoms with E-state index in [1.807, 2.05) is 0 Å². The summed E-state index contributed by atoms with van der Waals surface area (Å²) >= 11 is 0. The zero-order chi connectivity index (χ0) is 17.0. The molecule has 25 heavy (non-hydrogen) atoms. The molecule has 6 nitrogen and oxygen atoms in total. The summed E-state index contributed by atoms with van der Waals surface area (Å²) in [7, 11) is 0. The maximum absolute atomic E-state index is 5.79. The van der Waals surface area contributed by atoms with Crippen LogP contribution in [-0.2, 0) is 9.47 Å². The van der Waals surface area contributed by atoms with Crippen LogP contribution in [-0.4, -0.2) is 76.1 Å². The average Bonchev–Trinajstić information content (AvgIpc) is 3.26. The third-order valence-electron chi connectivity index (χ3n) is 4.53. The van der Waals surface area contributed by atoms with Crippen molar-refractivity contribution in [2.75, 3.05) is 59.1 Å². The lowest BCUT2D eigenvalue weighted by molar-refractivity contribution is 0.0420. The van der Waals surface area contributed by atoms with Gasteiger partial charge in [0.25, 0.3) is 0 Å². The van der Waals surface area contributed by atoms with Gasteiger partial charge in [-0.1, -0.05) is 6.92 Å². The summed E-state index contributed by atoms with van der Waals surface area (Å²) in [6.45, 7) is 13.1. The van der Waals surface area contributed by atoms with E-state index in [4.69, 9.17) is 14.5 Å². The van der Waals surface area contributed by atoms with E-state index < -0.39 is 0 Å². The van der Waals surface area contributed by atoms with Crippen molar-refractivity contribution < 1.29 is 9.47 Å². The molecule has 2 heterocycles. The number of nitrogens with one attached hydrogen (secondary N) is 2. The second kappa shape index (κ2) is 14.0. The fourth-order valence-corrected chi connectivity index (χ4v) is 3.23. The van der Waals surface area contributed by atoms with E-state index in [0.717, 1.165) is 58.3 Å². The normalized spacial score (nSPS) is 22.6. The maximum Gasteiger partial charge on any atom is 0.191 e. The van der Waals surface area contributed by atoms with E-state index in [1.54, 1.807) is 0 Å². The number of likely N-dealkylation sites (tertiary alicyclic amines) is 1. The molecule has 2 rings (SSSR count). The molecule has 0 amide bonds. The topological polar surface area (TPSA) is 58.1 Å². The lowest BCUT2D eigenvalue weighted by Crippen LogP contribution is -2.38. The van der Waals surface area contributed by atoms with E-state index in [0.29, 0.717) is 12.0 Å². The van der Waals surface area contributed by atoms with Crippen molar-refractivity contribution in [1.29, 1.82) is 0 Å². The molecule has 2 aliphatic rings. The minimum absolute atomic E-state index is 0. The predicted octanol–water partition coefficient (Wildman–Crippen LogP) is 2.09. The van der Waals surface area contributed by atoms with E-state index in [-0.39, 0.29) is 24.0 Å². The minimum atomic E-state index is 0. The number of hydrogen-bond donors (Lipinski definition) is 2. The highest BCUT2D eigenvalue weighted by Gasteiger charge is 2.15. The molecule has 2 unspecified atom stereocenters. The number of halogens is 1. The van der Waals surface area contributed by atoms with Gasteiger partial charge in [-0.3, -0.25) is 4.99 Å². The van der Waals surface area contributed by atoms with E-state index in [9.17, 15) is 0 Å². The number of aliphatic imine (C=N–C) groups is 1. The van der Waals surface area contributed by atoms with Gasteiger partial charge in [-0.05, 0) is 51.6 Å². The first kappa shape index (κ1) is 22.9. The Kier molecular flexibility index (Phi) is 12.8. The highest BCUT2D eigenvalue weighted by Crippen LogP contribution is 2.10. The summed E-state index contributed by atoms with van der Waals surface area (Å²) in [5.74, 6) is 1.53. The molecule has 2 saturated heterocycles. The molecule has 2 fully saturated rings. The van der Waals surface area contributed by atoms with Gasteiger partial charge in [0.1, 0.15) is 0 Å². The molecule has 0 aromatic rings. The summed E-state index contributed by atoms with van der Waals surface area (Å²) in [5.41, 5.74) is 0. The second-order valence-electron chi connectivity index (χ2n) is 6.97. The molecule has 0 aliphatic carbocycles. The Morgan fingerprint density at radius 1 is 1.32 bits per heavy atom. The Bertz CT molecular complexity index is 359. The van der Waals surface area contributed by atoms with Crippen LogP contribution in [0.4, 0.5) is 0 Å². The standard InChI is InChI=1S/C18H36N4O2.HI/c1-3-19-18(20-8-6-11-24-17-7-12-23-15-17)21-13-16(2)14-22-9-4-5-10-22;/h16-17H,3-15H2,1-2H3,(H2,19,20,21);1H. The van der Waals surface area contributed by atoms with Gasteiger partial charge in [-0.15, -0.1) is 24.0 Å². The van der Waals surface area contributed by atoms with Crippen LogP contribution < -0.4 is 10.6 Å². The van der Waals surface area contributed by atoms with Crippen LogP contribution in [0.15, 0.2) is 4.99 Å². The fraction of sp³-hybridized carbons (Fsp3) is 0.944. The minimum Gasteiger partial charge on any atom is -0.379 e. The van der Waals surface area contributed by atoms with Crippen molar-refractivity contribution >= 4 is 29.9 Å². The highest BCUT2D eigenvalue weighted by atomic mass is 127. The van der Waals surface area contributed by atoms with Gasteiger partial charge < -0.3 is 25.0 Å². The van der Waals surface area contributed by atoms with Gasteiger partial charge in [0.05, 0.1) is 12.7 Å². The molecule has 0 saturated carbocycles. The van der Waals surface area contributed by atoms with Crippen LogP contribution in [0.5, 0.6) is 0 Å². The Hall–Kier alpha value is -0.120. The van der Waals surface area contributed by atoms with E-state index >= 15 is 0 Å². The molecule has 0 aromatic heterocycles. The first-order valence-corrected chi connectivity index (χ1v) is 9.71. The zero-order valence-corrected chi connectivity index (χ0v) is 18.3. The van der Waals surface area contributed by atoms with Crippen molar-refractivity contribution in [3.8, 4) is 0 Å². The number of ether oxygens (including phenoxy) is 2. The summed E-state index contributed by atoms with van der Waals surface area (Å²) in [6.07, 6.45) is 5.04. The van der Waals surface area contributed by atoms with Crippen molar-refractivity contribution in [2.45, 2.75) is 45.6 Å². The van der Waals surface area contributed by atoms with Crippen LogP contribution in [0.25, 0.3) is 0 Å². The Balaban J connectivity index is 0.00000312. The summed E-state index contributed by atoms with van der Waals surface area (Å²) in [5, 5.41) is 6.74. The summed E-state index contributed by atoms with van der Waals surface area (Å²) in [4.78, 5) is 7.30. The molecule has 148 valence electrons. The van der Waals surface area contributed by atoms with Gasteiger partial charge >= 0.3 is 0 Å². The third kappa shape index (κ3) is 9.96. The van der Waals surface area contributed by atoms with E-state index in [1.165, 1.54) is 32.5 Å². The second-order valence-corrected chi connectivity index (χ2v) is 6.97. The van der Waals surface area contributed by atoms with Crippen LogP contribution in [0, 0.1) is 5.92 Å². The van der Waals surface area contributed by atoms with Crippen molar-refractivity contribution in [1.82, 2.24) is 15.5 Å². The molecular formula is C18H37IN4O2. The largest absolute Gasteiger partial charge is 0.379 e. The van der Waals surface area contributed by atoms with Crippen LogP contribution >= 0.6 is 24.0 Å². The first-order valence-electron chi connectivity index (χ1n) is 9.71. The Morgan fingerprint density at radius 2 is 2.12 bits per heavy atom. The van der Waals surface area contributed by atoms with Gasteiger partial charge in [-0.25, -0.2) is 0 Å². The summed E-state index contributed by atoms with van der Waals surface area (Å²) in [6, 6.07) is 0. The molecule has 7 heteroatoms. The van der Waals surface area contributed by atoms with E-state index in [2.05, 4.69) is 29.4 Å². The number of guanidine groups is 1. The quantitative estimate of drug-likeness (QED) is 0.223. The zero-order valence-electron chi connectivity index (χ0n) is 16.0. The molecular weight excluding hydrogens is 431 g/mol. The number of hydrogen-bond acceptors (Lipinski definition) is 4. The van der Waals surface area contributed by atoms with Gasteiger partial charge in [0, 0.05) is 39.4 Å². The highest BCUT2D eigenvalue weighted by molar-refractivity contribution is 14.0. The molecule has 2 aliphatic heterocycles. The maximum atomic E-state index is 5.79. The van der Waals surface area contributed by atoms with Crippen molar-refractivity contribution in [3.05, 3.63) is 0 Å². The lowest BCUT2D eigenvalue weighted by Gasteiger charge is -2.19. The smallest absolute Gasteiger partial charge is 0.191 e. The molecule has 0 spiro atoms. The van der Waals surface area contributed by atoms with Crippen molar-refractivity contribution in [2.24, 2.45) is 10.9 Å². The summed E-state index contributed by atoms with van der Waals surface area (Å²) < 4.78 is 11.1. The number of nitrogens with zero attached hydrogens (tertiary/aromatic N) is 2. The third-order valence-corrected chi connectivity index (χ3v) is 4.53.